The zero-order chi connectivity index (χ0) is 14.4. The highest BCUT2D eigenvalue weighted by Gasteiger charge is 2.35. The van der Waals surface area contributed by atoms with E-state index >= 15 is 0 Å². The zero-order valence-corrected chi connectivity index (χ0v) is 12.4. The summed E-state index contributed by atoms with van der Waals surface area (Å²) in [4.78, 5) is 11.1. The first-order valence-electron chi connectivity index (χ1n) is 7.56. The molecule has 2 fully saturated rings. The standard InChI is InChI=1S/C14H20N6O/c1-8-12(21-9(2)16-8)13-17-14(19-18-13)20-6-10-4-3-5-15-11(10)7-20/h10-11,15H,3-7H2,1-2H3,(H,17,18,19). The van der Waals surface area contributed by atoms with Crippen LogP contribution in [0.25, 0.3) is 11.6 Å². The molecule has 0 aromatic carbocycles. The average Bonchev–Trinajstić information content (AvgIpc) is 3.15. The molecule has 0 amide bonds. The zero-order valence-electron chi connectivity index (χ0n) is 12.4. The van der Waals surface area contributed by atoms with Crippen LogP contribution in [0.4, 0.5) is 5.95 Å². The Bertz CT molecular complexity index is 634. The molecule has 0 aliphatic carbocycles. The summed E-state index contributed by atoms with van der Waals surface area (Å²) < 4.78 is 5.60. The first-order chi connectivity index (χ1) is 10.2. The summed E-state index contributed by atoms with van der Waals surface area (Å²) in [5, 5.41) is 10.9. The quantitative estimate of drug-likeness (QED) is 0.866. The number of rotatable bonds is 2. The maximum absolute atomic E-state index is 5.60. The average molecular weight is 288 g/mol. The van der Waals surface area contributed by atoms with Crippen LogP contribution in [0.2, 0.25) is 0 Å². The van der Waals surface area contributed by atoms with E-state index in [2.05, 4.69) is 30.4 Å². The van der Waals surface area contributed by atoms with E-state index in [-0.39, 0.29) is 0 Å². The maximum Gasteiger partial charge on any atom is 0.245 e. The molecule has 2 saturated heterocycles. The molecule has 4 rings (SSSR count). The van der Waals surface area contributed by atoms with Crippen molar-refractivity contribution in [2.75, 3.05) is 24.5 Å². The third-order valence-corrected chi connectivity index (χ3v) is 4.47. The van der Waals surface area contributed by atoms with E-state index in [0.717, 1.165) is 37.2 Å². The van der Waals surface area contributed by atoms with Crippen molar-refractivity contribution in [3.63, 3.8) is 0 Å². The predicted octanol–water partition coefficient (Wildman–Crippen LogP) is 1.26. The van der Waals surface area contributed by atoms with E-state index in [1.165, 1.54) is 12.8 Å². The molecule has 2 N–H and O–H groups in total. The van der Waals surface area contributed by atoms with Gasteiger partial charge >= 0.3 is 0 Å². The second kappa shape index (κ2) is 4.84. The van der Waals surface area contributed by atoms with Crippen LogP contribution in [-0.4, -0.2) is 45.8 Å². The summed E-state index contributed by atoms with van der Waals surface area (Å²) in [5.41, 5.74) is 0.840. The van der Waals surface area contributed by atoms with Crippen molar-refractivity contribution in [2.45, 2.75) is 32.7 Å². The second-order valence-corrected chi connectivity index (χ2v) is 6.00. The summed E-state index contributed by atoms with van der Waals surface area (Å²) in [7, 11) is 0. The third-order valence-electron chi connectivity index (χ3n) is 4.47. The topological polar surface area (TPSA) is 82.9 Å². The molecule has 112 valence electrons. The van der Waals surface area contributed by atoms with Crippen molar-refractivity contribution >= 4 is 5.95 Å². The number of fused-ring (bicyclic) bond motifs is 1. The fourth-order valence-electron chi connectivity index (χ4n) is 3.46. The van der Waals surface area contributed by atoms with Gasteiger partial charge in [-0.1, -0.05) is 0 Å². The van der Waals surface area contributed by atoms with Crippen molar-refractivity contribution in [2.24, 2.45) is 5.92 Å². The molecule has 21 heavy (non-hydrogen) atoms. The predicted molar refractivity (Wildman–Crippen MR) is 78.1 cm³/mol. The molecule has 2 aromatic rings. The van der Waals surface area contributed by atoms with Crippen molar-refractivity contribution < 1.29 is 4.42 Å². The van der Waals surface area contributed by atoms with Crippen LogP contribution in [0, 0.1) is 19.8 Å². The largest absolute Gasteiger partial charge is 0.437 e. The van der Waals surface area contributed by atoms with E-state index in [4.69, 9.17) is 4.42 Å². The maximum atomic E-state index is 5.60. The molecule has 2 atom stereocenters. The van der Waals surface area contributed by atoms with Gasteiger partial charge in [-0.25, -0.2) is 4.98 Å². The van der Waals surface area contributed by atoms with Crippen LogP contribution >= 0.6 is 0 Å². The molecule has 2 aromatic heterocycles. The Morgan fingerprint density at radius 3 is 2.90 bits per heavy atom. The molecule has 0 saturated carbocycles. The van der Waals surface area contributed by atoms with Crippen LogP contribution in [0.1, 0.15) is 24.4 Å². The third kappa shape index (κ3) is 2.21. The van der Waals surface area contributed by atoms with Crippen molar-refractivity contribution in [3.8, 4) is 11.6 Å². The number of aromatic amines is 1. The molecule has 0 radical (unpaired) electrons. The first-order valence-corrected chi connectivity index (χ1v) is 7.56. The molecule has 4 heterocycles. The highest BCUT2D eigenvalue weighted by Crippen LogP contribution is 2.28. The summed E-state index contributed by atoms with van der Waals surface area (Å²) >= 11 is 0. The number of aryl methyl sites for hydroxylation is 2. The monoisotopic (exact) mass is 288 g/mol. The van der Waals surface area contributed by atoms with E-state index in [1.807, 2.05) is 13.8 Å². The van der Waals surface area contributed by atoms with Crippen molar-refractivity contribution in [1.82, 2.24) is 25.5 Å². The molecule has 7 heteroatoms. The molecule has 0 bridgehead atoms. The number of oxazole rings is 1. The molecular weight excluding hydrogens is 268 g/mol. The number of piperidine rings is 1. The van der Waals surface area contributed by atoms with Gasteiger partial charge in [-0.3, -0.25) is 5.10 Å². The van der Waals surface area contributed by atoms with Gasteiger partial charge in [-0.05, 0) is 32.2 Å². The minimum absolute atomic E-state index is 0.579. The Labute approximate surface area is 123 Å². The number of nitrogens with one attached hydrogen (secondary N) is 2. The Balaban J connectivity index is 1.56. The number of aromatic nitrogens is 4. The van der Waals surface area contributed by atoms with Crippen LogP contribution in [0.5, 0.6) is 0 Å². The van der Waals surface area contributed by atoms with Gasteiger partial charge in [0.15, 0.2) is 17.5 Å². The fourth-order valence-corrected chi connectivity index (χ4v) is 3.46. The van der Waals surface area contributed by atoms with Gasteiger partial charge in [0.1, 0.15) is 0 Å². The van der Waals surface area contributed by atoms with Crippen molar-refractivity contribution in [3.05, 3.63) is 11.6 Å². The lowest BCUT2D eigenvalue weighted by atomic mass is 9.94. The summed E-state index contributed by atoms with van der Waals surface area (Å²) in [6.07, 6.45) is 2.57. The van der Waals surface area contributed by atoms with Gasteiger partial charge in [0.05, 0.1) is 5.69 Å². The Morgan fingerprint density at radius 2 is 2.14 bits per heavy atom. The lowest BCUT2D eigenvalue weighted by molar-refractivity contribution is 0.340. The van der Waals surface area contributed by atoms with Crippen molar-refractivity contribution in [1.29, 1.82) is 0 Å². The highest BCUT2D eigenvalue weighted by molar-refractivity contribution is 5.52. The number of anilines is 1. The van der Waals surface area contributed by atoms with Gasteiger partial charge in [-0.2, -0.15) is 4.98 Å². The highest BCUT2D eigenvalue weighted by atomic mass is 16.4. The summed E-state index contributed by atoms with van der Waals surface area (Å²) in [6.45, 7) is 6.90. The van der Waals surface area contributed by atoms with E-state index in [9.17, 15) is 0 Å². The van der Waals surface area contributed by atoms with Crippen LogP contribution in [0.15, 0.2) is 4.42 Å². The normalized spacial score (nSPS) is 25.3. The molecule has 0 spiro atoms. The Hall–Kier alpha value is -1.89. The summed E-state index contributed by atoms with van der Waals surface area (Å²) in [6, 6.07) is 0.579. The van der Waals surface area contributed by atoms with Gasteiger partial charge in [0.25, 0.3) is 0 Å². The molecule has 2 unspecified atom stereocenters. The van der Waals surface area contributed by atoms with Crippen LogP contribution < -0.4 is 10.2 Å². The molecule has 2 aliphatic heterocycles. The smallest absolute Gasteiger partial charge is 0.245 e. The Morgan fingerprint density at radius 1 is 1.24 bits per heavy atom. The van der Waals surface area contributed by atoms with E-state index in [0.29, 0.717) is 23.5 Å². The summed E-state index contributed by atoms with van der Waals surface area (Å²) in [5.74, 6) is 3.47. The molecule has 2 aliphatic rings. The number of hydrogen-bond acceptors (Lipinski definition) is 6. The lowest BCUT2D eigenvalue weighted by Gasteiger charge is -2.24. The van der Waals surface area contributed by atoms with E-state index < -0.39 is 0 Å². The van der Waals surface area contributed by atoms with Gasteiger partial charge in [0.2, 0.25) is 5.95 Å². The SMILES string of the molecule is Cc1nc(C)c(-c2nc(N3CC4CCCNC4C3)n[nH]2)o1. The number of nitrogens with zero attached hydrogens (tertiary/aromatic N) is 4. The van der Waals surface area contributed by atoms with Crippen LogP contribution in [0.3, 0.4) is 0 Å². The second-order valence-electron chi connectivity index (χ2n) is 6.00. The number of H-pyrrole nitrogens is 1. The van der Waals surface area contributed by atoms with E-state index in [1.54, 1.807) is 0 Å². The van der Waals surface area contributed by atoms with Gasteiger partial charge in [0, 0.05) is 26.1 Å². The van der Waals surface area contributed by atoms with Gasteiger partial charge in [-0.15, -0.1) is 5.10 Å². The first kappa shape index (κ1) is 12.8. The fraction of sp³-hybridized carbons (Fsp3) is 0.643. The minimum Gasteiger partial charge on any atom is -0.437 e. The minimum atomic E-state index is 0.579. The molecule has 7 nitrogen and oxygen atoms in total. The lowest BCUT2D eigenvalue weighted by Crippen LogP contribution is -2.40. The van der Waals surface area contributed by atoms with Crippen LogP contribution in [-0.2, 0) is 0 Å². The number of hydrogen-bond donors (Lipinski definition) is 2. The molecular formula is C14H20N6O. The van der Waals surface area contributed by atoms with Gasteiger partial charge < -0.3 is 14.6 Å². The Kier molecular flexibility index (Phi) is 2.95.